The van der Waals surface area contributed by atoms with Crippen LogP contribution >= 0.6 is 0 Å². The van der Waals surface area contributed by atoms with Gasteiger partial charge in [0.2, 0.25) is 0 Å². The van der Waals surface area contributed by atoms with Gasteiger partial charge < -0.3 is 15.2 Å². The van der Waals surface area contributed by atoms with E-state index in [4.69, 9.17) is 0 Å². The van der Waals surface area contributed by atoms with Gasteiger partial charge in [0.15, 0.2) is 5.96 Å². The van der Waals surface area contributed by atoms with Gasteiger partial charge in [-0.25, -0.2) is 4.98 Å². The molecule has 124 valence electrons. The van der Waals surface area contributed by atoms with E-state index in [0.29, 0.717) is 0 Å². The summed E-state index contributed by atoms with van der Waals surface area (Å²) in [7, 11) is 0. The second-order valence-electron chi connectivity index (χ2n) is 5.73. The summed E-state index contributed by atoms with van der Waals surface area (Å²) in [5.74, 6) is 0.872. The maximum absolute atomic E-state index is 4.66. The molecule has 0 atom stereocenters. The number of aryl methyl sites for hydroxylation is 2. The number of nitrogens with zero attached hydrogens (tertiary/aromatic N) is 3. The maximum Gasteiger partial charge on any atom is 0.191 e. The van der Waals surface area contributed by atoms with Gasteiger partial charge >= 0.3 is 0 Å². The van der Waals surface area contributed by atoms with Crippen molar-refractivity contribution in [2.24, 2.45) is 4.99 Å². The number of guanidine groups is 1. The molecular weight excluding hydrogens is 286 g/mol. The maximum atomic E-state index is 4.66. The van der Waals surface area contributed by atoms with E-state index in [9.17, 15) is 0 Å². The topological polar surface area (TPSA) is 54.2 Å². The first-order valence-corrected chi connectivity index (χ1v) is 8.22. The molecule has 0 aliphatic carbocycles. The quantitative estimate of drug-likeness (QED) is 0.609. The fourth-order valence-corrected chi connectivity index (χ4v) is 2.57. The lowest BCUT2D eigenvalue weighted by Crippen LogP contribution is -2.39. The molecule has 5 heteroatoms. The molecule has 0 bridgehead atoms. The predicted octanol–water partition coefficient (Wildman–Crippen LogP) is 2.30. The monoisotopic (exact) mass is 313 g/mol. The SMILES string of the molecule is CCNC(=NCCc1cc(C)cc(C)c1)NCCn1ccnc1. The highest BCUT2D eigenvalue weighted by Crippen LogP contribution is 2.09. The summed E-state index contributed by atoms with van der Waals surface area (Å²) in [4.78, 5) is 8.70. The minimum Gasteiger partial charge on any atom is -0.357 e. The Morgan fingerprint density at radius 2 is 1.96 bits per heavy atom. The van der Waals surface area contributed by atoms with Crippen LogP contribution in [-0.4, -0.2) is 35.1 Å². The minimum atomic E-state index is 0.781. The van der Waals surface area contributed by atoms with Crippen molar-refractivity contribution < 1.29 is 0 Å². The number of aromatic nitrogens is 2. The first kappa shape index (κ1) is 17.1. The first-order chi connectivity index (χ1) is 11.2. The van der Waals surface area contributed by atoms with Crippen LogP contribution in [-0.2, 0) is 13.0 Å². The van der Waals surface area contributed by atoms with Crippen molar-refractivity contribution in [3.63, 3.8) is 0 Å². The third-order valence-corrected chi connectivity index (χ3v) is 3.52. The van der Waals surface area contributed by atoms with Crippen molar-refractivity contribution in [3.8, 4) is 0 Å². The lowest BCUT2D eigenvalue weighted by atomic mass is 10.1. The van der Waals surface area contributed by atoms with Crippen molar-refractivity contribution in [3.05, 3.63) is 53.6 Å². The van der Waals surface area contributed by atoms with Gasteiger partial charge in [0, 0.05) is 38.6 Å². The van der Waals surface area contributed by atoms with Gasteiger partial charge in [-0.1, -0.05) is 29.3 Å². The molecule has 0 saturated heterocycles. The Balaban J connectivity index is 1.82. The van der Waals surface area contributed by atoms with Crippen LogP contribution in [0.25, 0.3) is 0 Å². The van der Waals surface area contributed by atoms with Crippen molar-refractivity contribution in [2.75, 3.05) is 19.6 Å². The number of nitrogens with one attached hydrogen (secondary N) is 2. The molecule has 0 saturated carbocycles. The van der Waals surface area contributed by atoms with E-state index in [-0.39, 0.29) is 0 Å². The Morgan fingerprint density at radius 3 is 2.61 bits per heavy atom. The molecule has 2 N–H and O–H groups in total. The number of benzene rings is 1. The van der Waals surface area contributed by atoms with E-state index in [2.05, 4.69) is 59.6 Å². The Hall–Kier alpha value is -2.30. The molecule has 0 radical (unpaired) electrons. The third-order valence-electron chi connectivity index (χ3n) is 3.52. The first-order valence-electron chi connectivity index (χ1n) is 8.22. The average Bonchev–Trinajstić information content (AvgIpc) is 2.99. The van der Waals surface area contributed by atoms with Crippen molar-refractivity contribution in [1.29, 1.82) is 0 Å². The molecule has 0 unspecified atom stereocenters. The average molecular weight is 313 g/mol. The number of rotatable bonds is 7. The van der Waals surface area contributed by atoms with Crippen LogP contribution in [0.4, 0.5) is 0 Å². The smallest absolute Gasteiger partial charge is 0.191 e. The van der Waals surface area contributed by atoms with Crippen LogP contribution in [0, 0.1) is 13.8 Å². The van der Waals surface area contributed by atoms with Gasteiger partial charge in [-0.3, -0.25) is 4.99 Å². The highest BCUT2D eigenvalue weighted by Gasteiger charge is 1.99. The van der Waals surface area contributed by atoms with Crippen LogP contribution in [0.15, 0.2) is 41.9 Å². The zero-order valence-corrected chi connectivity index (χ0v) is 14.3. The minimum absolute atomic E-state index is 0.781. The molecule has 5 nitrogen and oxygen atoms in total. The third kappa shape index (κ3) is 6.14. The lowest BCUT2D eigenvalue weighted by molar-refractivity contribution is 0.662. The Kier molecular flexibility index (Phi) is 6.66. The van der Waals surface area contributed by atoms with Crippen LogP contribution < -0.4 is 10.6 Å². The summed E-state index contributed by atoms with van der Waals surface area (Å²) >= 11 is 0. The van der Waals surface area contributed by atoms with Crippen LogP contribution in [0.2, 0.25) is 0 Å². The Bertz CT molecular complexity index is 596. The molecule has 1 aromatic heterocycles. The molecule has 0 aliphatic rings. The molecule has 23 heavy (non-hydrogen) atoms. The van der Waals surface area contributed by atoms with E-state index in [1.165, 1.54) is 16.7 Å². The molecule has 2 rings (SSSR count). The van der Waals surface area contributed by atoms with E-state index in [1.54, 1.807) is 6.20 Å². The Morgan fingerprint density at radius 1 is 1.17 bits per heavy atom. The van der Waals surface area contributed by atoms with E-state index >= 15 is 0 Å². The second kappa shape index (κ2) is 8.98. The van der Waals surface area contributed by atoms with Crippen molar-refractivity contribution in [2.45, 2.75) is 33.7 Å². The molecule has 1 heterocycles. The van der Waals surface area contributed by atoms with Gasteiger partial charge in [0.05, 0.1) is 6.33 Å². The standard InChI is InChI=1S/C18H27N5/c1-4-20-18(22-8-10-23-9-7-19-14-23)21-6-5-17-12-15(2)11-16(3)13-17/h7,9,11-14H,4-6,8,10H2,1-3H3,(H2,20,21,22). The highest BCUT2D eigenvalue weighted by atomic mass is 15.2. The molecule has 0 spiro atoms. The molecule has 1 aromatic carbocycles. The summed E-state index contributed by atoms with van der Waals surface area (Å²) in [6.45, 7) is 9.71. The predicted molar refractivity (Wildman–Crippen MR) is 95.8 cm³/mol. The van der Waals surface area contributed by atoms with Crippen molar-refractivity contribution >= 4 is 5.96 Å². The summed E-state index contributed by atoms with van der Waals surface area (Å²) in [5, 5.41) is 6.64. The fraction of sp³-hybridized carbons (Fsp3) is 0.444. The van der Waals surface area contributed by atoms with Crippen LogP contribution in [0.5, 0.6) is 0 Å². The number of imidazole rings is 1. The summed E-state index contributed by atoms with van der Waals surface area (Å²) in [6, 6.07) is 6.68. The van der Waals surface area contributed by atoms with E-state index < -0.39 is 0 Å². The fourth-order valence-electron chi connectivity index (χ4n) is 2.57. The van der Waals surface area contributed by atoms with E-state index in [0.717, 1.165) is 38.6 Å². The Labute approximate surface area is 138 Å². The van der Waals surface area contributed by atoms with Gasteiger partial charge in [0.25, 0.3) is 0 Å². The van der Waals surface area contributed by atoms with Gasteiger partial charge in [-0.05, 0) is 32.8 Å². The molecule has 0 amide bonds. The van der Waals surface area contributed by atoms with E-state index in [1.807, 2.05) is 17.1 Å². The molecule has 0 fully saturated rings. The molecule has 2 aromatic rings. The molecule has 0 aliphatic heterocycles. The van der Waals surface area contributed by atoms with Gasteiger partial charge in [-0.15, -0.1) is 0 Å². The summed E-state index contributed by atoms with van der Waals surface area (Å²) in [6.07, 6.45) is 6.54. The second-order valence-corrected chi connectivity index (χ2v) is 5.73. The van der Waals surface area contributed by atoms with Crippen LogP contribution in [0.1, 0.15) is 23.6 Å². The number of aliphatic imine (C=N–C) groups is 1. The highest BCUT2D eigenvalue weighted by molar-refractivity contribution is 5.79. The molecular formula is C18H27N5. The van der Waals surface area contributed by atoms with Crippen LogP contribution in [0.3, 0.4) is 0 Å². The number of hydrogen-bond acceptors (Lipinski definition) is 2. The summed E-state index contributed by atoms with van der Waals surface area (Å²) < 4.78 is 2.05. The zero-order chi connectivity index (χ0) is 16.5. The van der Waals surface area contributed by atoms with Gasteiger partial charge in [0.1, 0.15) is 0 Å². The summed E-state index contributed by atoms with van der Waals surface area (Å²) in [5.41, 5.74) is 3.98. The largest absolute Gasteiger partial charge is 0.357 e. The zero-order valence-electron chi connectivity index (χ0n) is 14.3. The van der Waals surface area contributed by atoms with Crippen molar-refractivity contribution in [1.82, 2.24) is 20.2 Å². The van der Waals surface area contributed by atoms with Gasteiger partial charge in [-0.2, -0.15) is 0 Å². The number of hydrogen-bond donors (Lipinski definition) is 2. The normalized spacial score (nSPS) is 11.5. The lowest BCUT2D eigenvalue weighted by Gasteiger charge is -2.11.